The van der Waals surface area contributed by atoms with Gasteiger partial charge in [0.25, 0.3) is 0 Å². The minimum Gasteiger partial charge on any atom is -0.393 e. The maximum Gasteiger partial charge on any atom is 0.0509 e. The standard InChI is InChI=1S/C8H10.C4H10O/c1-7-5-3-4-6-8(7)2;1-3-4(2)5/h3-6H,1-2H3;4-5H,3H2,1-2H3. The highest BCUT2D eigenvalue weighted by molar-refractivity contribution is 5.23. The van der Waals surface area contributed by atoms with Crippen LogP contribution < -0.4 is 0 Å². The van der Waals surface area contributed by atoms with Crippen LogP contribution in [0.1, 0.15) is 31.4 Å². The summed E-state index contributed by atoms with van der Waals surface area (Å²) in [5.74, 6) is 0. The lowest BCUT2D eigenvalue weighted by Crippen LogP contribution is -1.93. The van der Waals surface area contributed by atoms with Gasteiger partial charge in [-0.25, -0.2) is 0 Å². The molecule has 0 aliphatic rings. The van der Waals surface area contributed by atoms with Crippen LogP contribution in [-0.4, -0.2) is 11.2 Å². The zero-order chi connectivity index (χ0) is 10.3. The number of aryl methyl sites for hydroxylation is 2. The van der Waals surface area contributed by atoms with E-state index in [1.165, 1.54) is 11.1 Å². The fourth-order valence-corrected chi connectivity index (χ4v) is 0.663. The maximum absolute atomic E-state index is 8.36. The third-order valence-electron chi connectivity index (χ3n) is 2.02. The molecule has 0 aliphatic carbocycles. The molecule has 1 rings (SSSR count). The highest BCUT2D eigenvalue weighted by Crippen LogP contribution is 2.02. The number of rotatable bonds is 1. The molecule has 1 aromatic rings. The summed E-state index contributed by atoms with van der Waals surface area (Å²) in [6.07, 6.45) is 0.745. The summed E-state index contributed by atoms with van der Waals surface area (Å²) in [5, 5.41) is 8.36. The van der Waals surface area contributed by atoms with Crippen LogP contribution in [0.3, 0.4) is 0 Å². The van der Waals surface area contributed by atoms with Crippen molar-refractivity contribution in [2.24, 2.45) is 0 Å². The van der Waals surface area contributed by atoms with Gasteiger partial charge in [0.1, 0.15) is 0 Å². The van der Waals surface area contributed by atoms with E-state index >= 15 is 0 Å². The lowest BCUT2D eigenvalue weighted by atomic mass is 10.1. The Kier molecular flexibility index (Phi) is 6.25. The van der Waals surface area contributed by atoms with E-state index in [0.717, 1.165) is 6.42 Å². The first-order valence-electron chi connectivity index (χ1n) is 4.78. The predicted molar refractivity (Wildman–Crippen MR) is 57.9 cm³/mol. The number of aliphatic hydroxyl groups is 1. The highest BCUT2D eigenvalue weighted by atomic mass is 16.3. The lowest BCUT2D eigenvalue weighted by molar-refractivity contribution is 0.191. The normalized spacial score (nSPS) is 11.5. The Morgan fingerprint density at radius 2 is 1.46 bits per heavy atom. The Morgan fingerprint density at radius 3 is 1.62 bits per heavy atom. The molecule has 0 spiro atoms. The van der Waals surface area contributed by atoms with E-state index in [2.05, 4.69) is 38.1 Å². The monoisotopic (exact) mass is 180 g/mol. The van der Waals surface area contributed by atoms with Crippen molar-refractivity contribution in [3.8, 4) is 0 Å². The van der Waals surface area contributed by atoms with Crippen molar-refractivity contribution in [3.05, 3.63) is 35.4 Å². The van der Waals surface area contributed by atoms with Crippen LogP contribution in [0.25, 0.3) is 0 Å². The minimum absolute atomic E-state index is 0.116. The van der Waals surface area contributed by atoms with E-state index in [-0.39, 0.29) is 6.10 Å². The second kappa shape index (κ2) is 6.67. The zero-order valence-electron chi connectivity index (χ0n) is 9.04. The highest BCUT2D eigenvalue weighted by Gasteiger charge is 1.83. The molecule has 74 valence electrons. The number of aliphatic hydroxyl groups excluding tert-OH is 1. The Hall–Kier alpha value is -0.820. The Bertz CT molecular complexity index is 207. The molecule has 0 aromatic heterocycles. The molecule has 1 N–H and O–H groups in total. The first-order chi connectivity index (χ1) is 6.07. The molecule has 1 unspecified atom stereocenters. The van der Waals surface area contributed by atoms with Gasteiger partial charge in [0.15, 0.2) is 0 Å². The van der Waals surface area contributed by atoms with Gasteiger partial charge in [-0.3, -0.25) is 0 Å². The summed E-state index contributed by atoms with van der Waals surface area (Å²) in [6, 6.07) is 8.36. The second-order valence-corrected chi connectivity index (χ2v) is 3.34. The van der Waals surface area contributed by atoms with E-state index in [0.29, 0.717) is 0 Å². The van der Waals surface area contributed by atoms with Crippen LogP contribution in [0.5, 0.6) is 0 Å². The van der Waals surface area contributed by atoms with Crippen molar-refractivity contribution in [1.29, 1.82) is 0 Å². The van der Waals surface area contributed by atoms with Crippen molar-refractivity contribution in [2.45, 2.75) is 40.2 Å². The van der Waals surface area contributed by atoms with E-state index in [9.17, 15) is 0 Å². The first-order valence-corrected chi connectivity index (χ1v) is 4.78. The molecule has 1 aromatic carbocycles. The van der Waals surface area contributed by atoms with Gasteiger partial charge >= 0.3 is 0 Å². The molecule has 1 atom stereocenters. The van der Waals surface area contributed by atoms with Gasteiger partial charge in [-0.05, 0) is 38.3 Å². The molecule has 0 amide bonds. The second-order valence-electron chi connectivity index (χ2n) is 3.34. The van der Waals surface area contributed by atoms with Gasteiger partial charge in [-0.15, -0.1) is 0 Å². The Labute approximate surface area is 81.4 Å². The smallest absolute Gasteiger partial charge is 0.0509 e. The molecular formula is C12H20O. The summed E-state index contributed by atoms with van der Waals surface area (Å²) in [4.78, 5) is 0. The van der Waals surface area contributed by atoms with Crippen molar-refractivity contribution < 1.29 is 5.11 Å². The van der Waals surface area contributed by atoms with Crippen molar-refractivity contribution in [1.82, 2.24) is 0 Å². The van der Waals surface area contributed by atoms with Gasteiger partial charge in [0, 0.05) is 0 Å². The number of hydrogen-bond acceptors (Lipinski definition) is 1. The molecule has 0 saturated carbocycles. The van der Waals surface area contributed by atoms with Crippen LogP contribution in [-0.2, 0) is 0 Å². The average Bonchev–Trinajstić information content (AvgIpc) is 2.11. The molecule has 1 heteroatoms. The summed E-state index contributed by atoms with van der Waals surface area (Å²) in [5.41, 5.74) is 2.74. The van der Waals surface area contributed by atoms with Gasteiger partial charge in [0.2, 0.25) is 0 Å². The molecule has 0 aliphatic heterocycles. The SMILES string of the molecule is CCC(C)O.Cc1ccccc1C. The Morgan fingerprint density at radius 1 is 1.15 bits per heavy atom. The molecule has 1 nitrogen and oxygen atoms in total. The molecule has 0 saturated heterocycles. The van der Waals surface area contributed by atoms with Crippen molar-refractivity contribution >= 4 is 0 Å². The summed E-state index contributed by atoms with van der Waals surface area (Å²) >= 11 is 0. The van der Waals surface area contributed by atoms with E-state index in [4.69, 9.17) is 5.11 Å². The molecule has 0 fully saturated rings. The van der Waals surface area contributed by atoms with Crippen LogP contribution in [0.15, 0.2) is 24.3 Å². The quantitative estimate of drug-likeness (QED) is 0.704. The summed E-state index contributed by atoms with van der Waals surface area (Å²) in [6.45, 7) is 7.97. The fraction of sp³-hybridized carbons (Fsp3) is 0.500. The fourth-order valence-electron chi connectivity index (χ4n) is 0.663. The van der Waals surface area contributed by atoms with Crippen LogP contribution in [0.2, 0.25) is 0 Å². The maximum atomic E-state index is 8.36. The van der Waals surface area contributed by atoms with Gasteiger partial charge in [-0.1, -0.05) is 31.2 Å². The minimum atomic E-state index is -0.116. The molecule has 0 heterocycles. The van der Waals surface area contributed by atoms with Gasteiger partial charge in [0.05, 0.1) is 6.10 Å². The predicted octanol–water partition coefficient (Wildman–Crippen LogP) is 3.08. The van der Waals surface area contributed by atoms with Gasteiger partial charge in [-0.2, -0.15) is 0 Å². The Balaban J connectivity index is 0.000000252. The number of benzene rings is 1. The molecular weight excluding hydrogens is 160 g/mol. The first kappa shape index (κ1) is 12.2. The zero-order valence-corrected chi connectivity index (χ0v) is 9.04. The topological polar surface area (TPSA) is 20.2 Å². The van der Waals surface area contributed by atoms with Crippen LogP contribution in [0.4, 0.5) is 0 Å². The third kappa shape index (κ3) is 6.35. The largest absolute Gasteiger partial charge is 0.393 e. The van der Waals surface area contributed by atoms with E-state index < -0.39 is 0 Å². The molecule has 13 heavy (non-hydrogen) atoms. The molecule has 0 radical (unpaired) electrons. The average molecular weight is 180 g/mol. The van der Waals surface area contributed by atoms with E-state index in [1.807, 2.05) is 6.92 Å². The molecule has 0 bridgehead atoms. The summed E-state index contributed by atoms with van der Waals surface area (Å²) < 4.78 is 0. The number of hydrogen-bond donors (Lipinski definition) is 1. The third-order valence-corrected chi connectivity index (χ3v) is 2.02. The van der Waals surface area contributed by atoms with E-state index in [1.54, 1.807) is 6.92 Å². The van der Waals surface area contributed by atoms with Crippen molar-refractivity contribution in [3.63, 3.8) is 0 Å². The summed E-state index contributed by atoms with van der Waals surface area (Å²) in [7, 11) is 0. The van der Waals surface area contributed by atoms with Crippen LogP contribution >= 0.6 is 0 Å². The van der Waals surface area contributed by atoms with Crippen molar-refractivity contribution in [2.75, 3.05) is 0 Å². The van der Waals surface area contributed by atoms with Crippen LogP contribution in [0, 0.1) is 13.8 Å². The lowest BCUT2D eigenvalue weighted by Gasteiger charge is -1.93. The van der Waals surface area contributed by atoms with Gasteiger partial charge < -0.3 is 5.11 Å².